The van der Waals surface area contributed by atoms with Gasteiger partial charge in [0.05, 0.1) is 16.4 Å². The molecule has 2 heterocycles. The molecule has 2 aromatic heterocycles. The van der Waals surface area contributed by atoms with Gasteiger partial charge in [-0.3, -0.25) is 9.36 Å². The minimum absolute atomic E-state index is 0.0894. The van der Waals surface area contributed by atoms with Crippen LogP contribution in [0.1, 0.15) is 42.5 Å². The van der Waals surface area contributed by atoms with Gasteiger partial charge in [-0.25, -0.2) is 9.97 Å². The Morgan fingerprint density at radius 2 is 1.82 bits per heavy atom. The molecule has 0 fully saturated rings. The van der Waals surface area contributed by atoms with Gasteiger partial charge in [0.15, 0.2) is 5.02 Å². The third kappa shape index (κ3) is 4.98. The zero-order chi connectivity index (χ0) is 24.4. The minimum atomic E-state index is -0.460. The predicted octanol–water partition coefficient (Wildman–Crippen LogP) is 6.32. The Balaban J connectivity index is 1.72. The summed E-state index contributed by atoms with van der Waals surface area (Å²) in [5.74, 6) is 1.42. The Labute approximate surface area is 208 Å². The molecule has 0 bridgehead atoms. The standard InChI is InChI=1S/C26H24Cl2N4O2/c1-15(2)24-29-11-10-21(31-24)19-8-9-20(27)22(13-19)32-17(4)30-25(23(28)26(32)33)34-14-18-7-5-6-16(3)12-18/h5-13,15H,14H2,1-4H3. The number of halogens is 2. The molecule has 8 heteroatoms. The molecule has 0 aliphatic heterocycles. The zero-order valence-corrected chi connectivity index (χ0v) is 20.9. The molecule has 0 N–H and O–H groups in total. The van der Waals surface area contributed by atoms with E-state index in [0.29, 0.717) is 16.5 Å². The van der Waals surface area contributed by atoms with Gasteiger partial charge in [0, 0.05) is 17.7 Å². The number of aryl methyl sites for hydroxylation is 2. The van der Waals surface area contributed by atoms with Crippen LogP contribution in [0.25, 0.3) is 16.9 Å². The van der Waals surface area contributed by atoms with Crippen LogP contribution in [0.2, 0.25) is 10.0 Å². The molecule has 0 aliphatic rings. The highest BCUT2D eigenvalue weighted by Crippen LogP contribution is 2.29. The van der Waals surface area contributed by atoms with Crippen molar-refractivity contribution in [1.82, 2.24) is 19.5 Å². The van der Waals surface area contributed by atoms with Crippen molar-refractivity contribution in [3.63, 3.8) is 0 Å². The van der Waals surface area contributed by atoms with Crippen LogP contribution in [0, 0.1) is 13.8 Å². The summed E-state index contributed by atoms with van der Waals surface area (Å²) in [5, 5.41) is 0.280. The molecule has 6 nitrogen and oxygen atoms in total. The van der Waals surface area contributed by atoms with E-state index < -0.39 is 5.56 Å². The quantitative estimate of drug-likeness (QED) is 0.313. The smallest absolute Gasteiger partial charge is 0.280 e. The molecular weight excluding hydrogens is 471 g/mol. The first-order chi connectivity index (χ1) is 16.2. The fraction of sp³-hybridized carbons (Fsp3) is 0.231. The average Bonchev–Trinajstić information content (AvgIpc) is 2.82. The van der Waals surface area contributed by atoms with Crippen molar-refractivity contribution in [2.75, 3.05) is 0 Å². The first-order valence-corrected chi connectivity index (χ1v) is 11.6. The topological polar surface area (TPSA) is 69.9 Å². The molecule has 0 saturated carbocycles. The molecule has 174 valence electrons. The molecule has 4 aromatic rings. The van der Waals surface area contributed by atoms with Crippen molar-refractivity contribution in [3.05, 3.63) is 97.9 Å². The van der Waals surface area contributed by atoms with Crippen LogP contribution in [0.3, 0.4) is 0 Å². The summed E-state index contributed by atoms with van der Waals surface area (Å²) in [6.07, 6.45) is 1.72. The fourth-order valence-corrected chi connectivity index (χ4v) is 3.96. The third-order valence-electron chi connectivity index (χ3n) is 5.30. The van der Waals surface area contributed by atoms with E-state index in [4.69, 9.17) is 27.9 Å². The number of aromatic nitrogens is 4. The van der Waals surface area contributed by atoms with Crippen molar-refractivity contribution in [3.8, 4) is 22.8 Å². The molecule has 0 amide bonds. The number of hydrogen-bond acceptors (Lipinski definition) is 5. The van der Waals surface area contributed by atoms with Crippen molar-refractivity contribution in [1.29, 1.82) is 0 Å². The number of hydrogen-bond donors (Lipinski definition) is 0. The molecule has 0 atom stereocenters. The van der Waals surface area contributed by atoms with Gasteiger partial charge in [-0.05, 0) is 37.6 Å². The zero-order valence-electron chi connectivity index (χ0n) is 19.3. The molecule has 2 aromatic carbocycles. The molecule has 4 rings (SSSR count). The Kier molecular flexibility index (Phi) is 7.00. The van der Waals surface area contributed by atoms with Gasteiger partial charge in [0.1, 0.15) is 18.3 Å². The van der Waals surface area contributed by atoms with E-state index in [-0.39, 0.29) is 23.4 Å². The van der Waals surface area contributed by atoms with E-state index in [1.807, 2.05) is 57.2 Å². The van der Waals surface area contributed by atoms with E-state index in [1.54, 1.807) is 25.3 Å². The Morgan fingerprint density at radius 3 is 2.56 bits per heavy atom. The first-order valence-electron chi connectivity index (χ1n) is 10.9. The second-order valence-corrected chi connectivity index (χ2v) is 9.10. The molecule has 0 aliphatic carbocycles. The van der Waals surface area contributed by atoms with Crippen molar-refractivity contribution < 1.29 is 4.74 Å². The van der Waals surface area contributed by atoms with E-state index >= 15 is 0 Å². The van der Waals surface area contributed by atoms with Crippen molar-refractivity contribution >= 4 is 23.2 Å². The maximum Gasteiger partial charge on any atom is 0.280 e. The van der Waals surface area contributed by atoms with Crippen molar-refractivity contribution in [2.24, 2.45) is 0 Å². The molecular formula is C26H24Cl2N4O2. The van der Waals surface area contributed by atoms with Crippen LogP contribution in [-0.4, -0.2) is 19.5 Å². The maximum atomic E-state index is 13.2. The van der Waals surface area contributed by atoms with Crippen molar-refractivity contribution in [2.45, 2.75) is 40.2 Å². The van der Waals surface area contributed by atoms with Gasteiger partial charge in [0.2, 0.25) is 5.88 Å². The van der Waals surface area contributed by atoms with E-state index in [0.717, 1.165) is 28.2 Å². The lowest BCUT2D eigenvalue weighted by Crippen LogP contribution is -2.24. The first kappa shape index (κ1) is 23.9. The van der Waals surface area contributed by atoms with Gasteiger partial charge >= 0.3 is 0 Å². The van der Waals surface area contributed by atoms with Crippen LogP contribution in [0.15, 0.2) is 59.5 Å². The van der Waals surface area contributed by atoms with Crippen LogP contribution in [0.4, 0.5) is 0 Å². The Morgan fingerprint density at radius 1 is 1.03 bits per heavy atom. The monoisotopic (exact) mass is 494 g/mol. The number of benzene rings is 2. The van der Waals surface area contributed by atoms with Crippen LogP contribution in [0.5, 0.6) is 5.88 Å². The van der Waals surface area contributed by atoms with Gasteiger partial charge in [-0.15, -0.1) is 0 Å². The Bertz CT molecular complexity index is 1420. The number of rotatable bonds is 6. The molecule has 34 heavy (non-hydrogen) atoms. The molecule has 0 spiro atoms. The lowest BCUT2D eigenvalue weighted by atomic mass is 10.1. The summed E-state index contributed by atoms with van der Waals surface area (Å²) in [7, 11) is 0. The summed E-state index contributed by atoms with van der Waals surface area (Å²) in [4.78, 5) is 26.7. The van der Waals surface area contributed by atoms with Gasteiger partial charge in [-0.1, -0.05) is 72.9 Å². The minimum Gasteiger partial charge on any atom is -0.472 e. The third-order valence-corrected chi connectivity index (χ3v) is 5.94. The lowest BCUT2D eigenvalue weighted by molar-refractivity contribution is 0.291. The highest BCUT2D eigenvalue weighted by molar-refractivity contribution is 6.33. The molecule has 0 radical (unpaired) electrons. The number of ether oxygens (including phenoxy) is 1. The van der Waals surface area contributed by atoms with Gasteiger partial charge in [-0.2, -0.15) is 4.98 Å². The van der Waals surface area contributed by atoms with E-state index in [9.17, 15) is 4.79 Å². The second kappa shape index (κ2) is 9.95. The van der Waals surface area contributed by atoms with E-state index in [2.05, 4.69) is 15.0 Å². The normalized spacial score (nSPS) is 11.1. The average molecular weight is 495 g/mol. The van der Waals surface area contributed by atoms with E-state index in [1.165, 1.54) is 4.57 Å². The maximum absolute atomic E-state index is 13.2. The van der Waals surface area contributed by atoms with Gasteiger partial charge < -0.3 is 4.74 Å². The van der Waals surface area contributed by atoms with Gasteiger partial charge in [0.25, 0.3) is 5.56 Å². The number of nitrogens with zero attached hydrogens (tertiary/aromatic N) is 4. The summed E-state index contributed by atoms with van der Waals surface area (Å²) < 4.78 is 7.17. The highest BCUT2D eigenvalue weighted by Gasteiger charge is 2.18. The largest absolute Gasteiger partial charge is 0.472 e. The second-order valence-electron chi connectivity index (χ2n) is 8.32. The summed E-state index contributed by atoms with van der Waals surface area (Å²) >= 11 is 12.9. The molecule has 0 unspecified atom stereocenters. The SMILES string of the molecule is Cc1cccc(COc2nc(C)n(-c3cc(-c4ccnc(C(C)C)n4)ccc3Cl)c(=O)c2Cl)c1. The fourth-order valence-electron chi connectivity index (χ4n) is 3.57. The molecule has 0 saturated heterocycles. The van der Waals surface area contributed by atoms with Crippen LogP contribution in [-0.2, 0) is 6.61 Å². The van der Waals surface area contributed by atoms with Crippen LogP contribution < -0.4 is 10.3 Å². The lowest BCUT2D eigenvalue weighted by Gasteiger charge is -2.15. The summed E-state index contributed by atoms with van der Waals surface area (Å²) in [6.45, 7) is 8.03. The van der Waals surface area contributed by atoms with Crippen LogP contribution >= 0.6 is 23.2 Å². The Hall–Kier alpha value is -3.22. The summed E-state index contributed by atoms with van der Waals surface area (Å²) in [6, 6.07) is 15.1. The highest BCUT2D eigenvalue weighted by atomic mass is 35.5. The summed E-state index contributed by atoms with van der Waals surface area (Å²) in [5.41, 5.74) is 3.61. The predicted molar refractivity (Wildman–Crippen MR) is 135 cm³/mol.